The highest BCUT2D eigenvalue weighted by molar-refractivity contribution is 6.31. The minimum atomic E-state index is -4.58. The van der Waals surface area contributed by atoms with Gasteiger partial charge >= 0.3 is 6.18 Å². The fraction of sp³-hybridized carbons (Fsp3) is 0.353. The maximum absolute atomic E-state index is 12.9. The number of hydrogen-bond acceptors (Lipinski definition) is 4. The molecule has 1 aliphatic heterocycles. The molecule has 1 aromatic heterocycles. The molecule has 0 unspecified atom stereocenters. The van der Waals surface area contributed by atoms with Crippen LogP contribution >= 0.6 is 23.2 Å². The quantitative estimate of drug-likeness (QED) is 0.787. The summed E-state index contributed by atoms with van der Waals surface area (Å²) in [6.07, 6.45) is -3.48. The first-order valence-electron chi connectivity index (χ1n) is 8.16. The lowest BCUT2D eigenvalue weighted by atomic mass is 9.95. The Morgan fingerprint density at radius 3 is 2.41 bits per heavy atom. The van der Waals surface area contributed by atoms with E-state index in [0.717, 1.165) is 12.1 Å². The summed E-state index contributed by atoms with van der Waals surface area (Å²) in [7, 11) is 0. The third-order valence-corrected chi connectivity index (χ3v) is 4.88. The van der Waals surface area contributed by atoms with Crippen LogP contribution in [-0.4, -0.2) is 29.2 Å². The van der Waals surface area contributed by atoms with E-state index in [1.54, 1.807) is 12.1 Å². The molecule has 1 aliphatic rings. The van der Waals surface area contributed by atoms with Crippen LogP contribution in [0.5, 0.6) is 0 Å². The van der Waals surface area contributed by atoms with Gasteiger partial charge in [0.05, 0.1) is 10.6 Å². The second kappa shape index (κ2) is 7.90. The minimum Gasteiger partial charge on any atom is -0.355 e. The summed E-state index contributed by atoms with van der Waals surface area (Å²) in [6, 6.07) is 6.72. The molecule has 0 spiro atoms. The first-order chi connectivity index (χ1) is 12.7. The lowest BCUT2D eigenvalue weighted by Crippen LogP contribution is -2.38. The summed E-state index contributed by atoms with van der Waals surface area (Å²) in [4.78, 5) is 14.4. The predicted octanol–water partition coefficient (Wildman–Crippen LogP) is 4.66. The fourth-order valence-corrected chi connectivity index (χ4v) is 3.24. The molecular formula is C17H15Cl2F3N4O. The molecule has 0 saturated carbocycles. The lowest BCUT2D eigenvalue weighted by molar-refractivity contribution is -0.137. The number of hydrogen-bond donors (Lipinski definition) is 1. The Hall–Kier alpha value is -2.06. The second-order valence-corrected chi connectivity index (χ2v) is 6.95. The van der Waals surface area contributed by atoms with E-state index in [1.807, 2.05) is 4.90 Å². The number of amides is 1. The number of aromatic nitrogens is 2. The van der Waals surface area contributed by atoms with Gasteiger partial charge in [0.1, 0.15) is 0 Å². The smallest absolute Gasteiger partial charge is 0.355 e. The number of halogens is 5. The SMILES string of the molecule is O=C(Nc1ccc(Cl)c(C(F)(F)F)c1)C1CCN(c2ccc(Cl)nn2)CC1. The summed E-state index contributed by atoms with van der Waals surface area (Å²) < 4.78 is 38.8. The molecule has 2 aromatic rings. The molecule has 1 saturated heterocycles. The van der Waals surface area contributed by atoms with Crippen molar-refractivity contribution in [3.63, 3.8) is 0 Å². The van der Waals surface area contributed by atoms with E-state index in [9.17, 15) is 18.0 Å². The van der Waals surface area contributed by atoms with Gasteiger partial charge in [0, 0.05) is 24.7 Å². The highest BCUT2D eigenvalue weighted by Gasteiger charge is 2.34. The number of benzene rings is 1. The van der Waals surface area contributed by atoms with Crippen molar-refractivity contribution in [3.05, 3.63) is 46.1 Å². The fourth-order valence-electron chi connectivity index (χ4n) is 2.91. The standard InChI is InChI=1S/C17H15Cl2F3N4O/c18-13-2-1-11(9-12(13)17(20,21)22)23-16(27)10-5-7-26(8-6-10)15-4-3-14(19)24-25-15/h1-4,9-10H,5-8H2,(H,23,27). The molecule has 1 aromatic carbocycles. The molecule has 1 N–H and O–H groups in total. The Balaban J connectivity index is 1.61. The first kappa shape index (κ1) is 19.7. The van der Waals surface area contributed by atoms with E-state index < -0.39 is 16.8 Å². The van der Waals surface area contributed by atoms with E-state index in [4.69, 9.17) is 23.2 Å². The Labute approximate surface area is 163 Å². The van der Waals surface area contributed by atoms with Crippen LogP contribution in [0.1, 0.15) is 18.4 Å². The van der Waals surface area contributed by atoms with Crippen molar-refractivity contribution in [2.45, 2.75) is 19.0 Å². The van der Waals surface area contributed by atoms with E-state index in [-0.39, 0.29) is 17.5 Å². The van der Waals surface area contributed by atoms with Crippen molar-refractivity contribution in [2.24, 2.45) is 5.92 Å². The van der Waals surface area contributed by atoms with Gasteiger partial charge in [-0.25, -0.2) is 0 Å². The third-order valence-electron chi connectivity index (χ3n) is 4.35. The van der Waals surface area contributed by atoms with E-state index in [2.05, 4.69) is 15.5 Å². The number of alkyl halides is 3. The van der Waals surface area contributed by atoms with Crippen LogP contribution in [0.25, 0.3) is 0 Å². The van der Waals surface area contributed by atoms with Crippen molar-refractivity contribution in [2.75, 3.05) is 23.3 Å². The summed E-state index contributed by atoms with van der Waals surface area (Å²) >= 11 is 11.3. The van der Waals surface area contributed by atoms with E-state index in [0.29, 0.717) is 36.9 Å². The first-order valence-corrected chi connectivity index (χ1v) is 8.91. The highest BCUT2D eigenvalue weighted by atomic mass is 35.5. The van der Waals surface area contributed by atoms with Crippen LogP contribution in [0.3, 0.4) is 0 Å². The molecule has 1 fully saturated rings. The van der Waals surface area contributed by atoms with E-state index in [1.165, 1.54) is 6.07 Å². The molecular weight excluding hydrogens is 404 g/mol. The van der Waals surface area contributed by atoms with Gasteiger partial charge in [-0.3, -0.25) is 4.79 Å². The molecule has 144 valence electrons. The largest absolute Gasteiger partial charge is 0.417 e. The maximum Gasteiger partial charge on any atom is 0.417 e. The molecule has 1 amide bonds. The zero-order valence-corrected chi connectivity index (χ0v) is 15.4. The summed E-state index contributed by atoms with van der Waals surface area (Å²) in [5.41, 5.74) is -0.902. The lowest BCUT2D eigenvalue weighted by Gasteiger charge is -2.31. The number of nitrogens with one attached hydrogen (secondary N) is 1. The van der Waals surface area contributed by atoms with Gasteiger partial charge in [-0.1, -0.05) is 23.2 Å². The average Bonchev–Trinajstić information content (AvgIpc) is 2.63. The summed E-state index contributed by atoms with van der Waals surface area (Å²) in [5, 5.41) is 10.2. The van der Waals surface area contributed by atoms with Gasteiger partial charge in [-0.05, 0) is 43.2 Å². The number of carbonyl (C=O) groups is 1. The van der Waals surface area contributed by atoms with Gasteiger partial charge in [0.15, 0.2) is 11.0 Å². The molecule has 0 bridgehead atoms. The van der Waals surface area contributed by atoms with Crippen LogP contribution in [-0.2, 0) is 11.0 Å². The van der Waals surface area contributed by atoms with Gasteiger partial charge in [-0.15, -0.1) is 10.2 Å². The topological polar surface area (TPSA) is 58.1 Å². The molecule has 2 heterocycles. The highest BCUT2D eigenvalue weighted by Crippen LogP contribution is 2.36. The second-order valence-electron chi connectivity index (χ2n) is 6.16. The maximum atomic E-state index is 12.9. The molecule has 0 aliphatic carbocycles. The van der Waals surface area contributed by atoms with Gasteiger partial charge < -0.3 is 10.2 Å². The van der Waals surface area contributed by atoms with Crippen molar-refractivity contribution >= 4 is 40.6 Å². The monoisotopic (exact) mass is 418 g/mol. The molecule has 10 heteroatoms. The van der Waals surface area contributed by atoms with Crippen LogP contribution < -0.4 is 10.2 Å². The zero-order chi connectivity index (χ0) is 19.6. The summed E-state index contributed by atoms with van der Waals surface area (Å²) in [6.45, 7) is 1.17. The number of piperidine rings is 1. The van der Waals surface area contributed by atoms with E-state index >= 15 is 0 Å². The predicted molar refractivity (Wildman–Crippen MR) is 97.1 cm³/mol. The van der Waals surface area contributed by atoms with Crippen molar-refractivity contribution in [3.8, 4) is 0 Å². The Morgan fingerprint density at radius 1 is 1.11 bits per heavy atom. The summed E-state index contributed by atoms with van der Waals surface area (Å²) in [5.74, 6) is 0.0598. The number of rotatable bonds is 3. The zero-order valence-electron chi connectivity index (χ0n) is 13.9. The molecule has 3 rings (SSSR count). The van der Waals surface area contributed by atoms with Crippen molar-refractivity contribution < 1.29 is 18.0 Å². The number of anilines is 2. The van der Waals surface area contributed by atoms with Gasteiger partial charge in [0.25, 0.3) is 0 Å². The third kappa shape index (κ3) is 4.81. The van der Waals surface area contributed by atoms with Crippen LogP contribution in [0.4, 0.5) is 24.7 Å². The Bertz CT molecular complexity index is 822. The number of nitrogens with zero attached hydrogens (tertiary/aromatic N) is 3. The van der Waals surface area contributed by atoms with Crippen LogP contribution in [0.15, 0.2) is 30.3 Å². The molecule has 27 heavy (non-hydrogen) atoms. The normalized spacial score (nSPS) is 15.7. The molecule has 0 atom stereocenters. The number of carbonyl (C=O) groups excluding carboxylic acids is 1. The molecule has 0 radical (unpaired) electrons. The Kier molecular flexibility index (Phi) is 5.76. The van der Waals surface area contributed by atoms with Crippen molar-refractivity contribution in [1.29, 1.82) is 0 Å². The van der Waals surface area contributed by atoms with Gasteiger partial charge in [0.2, 0.25) is 5.91 Å². The molecule has 5 nitrogen and oxygen atoms in total. The van der Waals surface area contributed by atoms with Crippen molar-refractivity contribution in [1.82, 2.24) is 10.2 Å². The van der Waals surface area contributed by atoms with Gasteiger partial charge in [-0.2, -0.15) is 13.2 Å². The Morgan fingerprint density at radius 2 is 1.81 bits per heavy atom. The van der Waals surface area contributed by atoms with Crippen LogP contribution in [0, 0.1) is 5.92 Å². The minimum absolute atomic E-state index is 0.0720. The van der Waals surface area contributed by atoms with Crippen LogP contribution in [0.2, 0.25) is 10.2 Å². The average molecular weight is 419 g/mol.